The molecule has 24 heavy (non-hydrogen) atoms. The molecule has 2 rings (SSSR count). The fourth-order valence-electron chi connectivity index (χ4n) is 2.55. The number of pyridine rings is 1. The van der Waals surface area contributed by atoms with E-state index in [0.717, 1.165) is 12.0 Å². The zero-order valence-corrected chi connectivity index (χ0v) is 14.9. The van der Waals surface area contributed by atoms with Crippen LogP contribution in [-0.4, -0.2) is 10.9 Å². The van der Waals surface area contributed by atoms with Gasteiger partial charge >= 0.3 is 0 Å². The molecule has 5 heteroatoms. The first-order valence-electron chi connectivity index (χ1n) is 7.88. The molecule has 0 fully saturated rings. The Morgan fingerprint density at radius 1 is 1.29 bits per heavy atom. The number of hydrogen-bond donors (Lipinski definition) is 1. The highest BCUT2D eigenvalue weighted by molar-refractivity contribution is 6.31. The molecular formula is C19H22ClFN2O. The van der Waals surface area contributed by atoms with E-state index < -0.39 is 5.82 Å². The molecule has 0 aliphatic carbocycles. The van der Waals surface area contributed by atoms with Crippen molar-refractivity contribution in [1.82, 2.24) is 10.3 Å². The predicted octanol–water partition coefficient (Wildman–Crippen LogP) is 4.71. The number of amides is 1. The average molecular weight is 349 g/mol. The molecule has 1 atom stereocenters. The van der Waals surface area contributed by atoms with Crippen LogP contribution in [0.15, 0.2) is 42.7 Å². The first kappa shape index (κ1) is 18.4. The van der Waals surface area contributed by atoms with E-state index in [1.165, 1.54) is 12.1 Å². The maximum absolute atomic E-state index is 13.9. The maximum atomic E-state index is 13.9. The molecule has 128 valence electrons. The van der Waals surface area contributed by atoms with E-state index in [4.69, 9.17) is 11.6 Å². The Hall–Kier alpha value is -1.94. The summed E-state index contributed by atoms with van der Waals surface area (Å²) >= 11 is 6.00. The first-order valence-corrected chi connectivity index (χ1v) is 8.26. The van der Waals surface area contributed by atoms with Crippen molar-refractivity contribution in [2.45, 2.75) is 39.7 Å². The minimum atomic E-state index is -0.466. The minimum Gasteiger partial charge on any atom is -0.349 e. The number of aromatic nitrogens is 1. The summed E-state index contributed by atoms with van der Waals surface area (Å²) in [6, 6.07) is 8.00. The van der Waals surface area contributed by atoms with Gasteiger partial charge in [-0.25, -0.2) is 4.39 Å². The molecule has 2 aromatic rings. The van der Waals surface area contributed by atoms with Gasteiger partial charge in [0, 0.05) is 23.0 Å². The molecule has 0 bridgehead atoms. The van der Waals surface area contributed by atoms with Gasteiger partial charge in [0.05, 0.1) is 12.5 Å². The van der Waals surface area contributed by atoms with Crippen LogP contribution in [0.5, 0.6) is 0 Å². The van der Waals surface area contributed by atoms with Crippen LogP contribution in [0.1, 0.15) is 44.4 Å². The van der Waals surface area contributed by atoms with Crippen molar-refractivity contribution in [3.05, 3.63) is 64.7 Å². The van der Waals surface area contributed by atoms with Crippen molar-refractivity contribution in [3.63, 3.8) is 0 Å². The molecule has 1 amide bonds. The topological polar surface area (TPSA) is 42.0 Å². The van der Waals surface area contributed by atoms with Gasteiger partial charge in [-0.2, -0.15) is 0 Å². The summed E-state index contributed by atoms with van der Waals surface area (Å²) in [5.41, 5.74) is 1.17. The molecule has 0 saturated heterocycles. The summed E-state index contributed by atoms with van der Waals surface area (Å²) in [5.74, 6) is -0.730. The van der Waals surface area contributed by atoms with Gasteiger partial charge in [-0.1, -0.05) is 44.5 Å². The Morgan fingerprint density at radius 3 is 2.62 bits per heavy atom. The van der Waals surface area contributed by atoms with E-state index in [1.54, 1.807) is 18.5 Å². The number of halogens is 2. The average Bonchev–Trinajstić information content (AvgIpc) is 2.50. The lowest BCUT2D eigenvalue weighted by Crippen LogP contribution is -2.32. The molecule has 0 aliphatic rings. The lowest BCUT2D eigenvalue weighted by atomic mass is 9.85. The summed E-state index contributed by atoms with van der Waals surface area (Å²) in [4.78, 5) is 16.6. The smallest absolute Gasteiger partial charge is 0.225 e. The Balaban J connectivity index is 2.15. The number of carbonyl (C=O) groups excluding carboxylic acids is 1. The van der Waals surface area contributed by atoms with Crippen LogP contribution in [0.3, 0.4) is 0 Å². The summed E-state index contributed by atoms with van der Waals surface area (Å²) in [7, 11) is 0. The molecule has 0 unspecified atom stereocenters. The lowest BCUT2D eigenvalue weighted by Gasteiger charge is -2.27. The van der Waals surface area contributed by atoms with Crippen molar-refractivity contribution < 1.29 is 9.18 Å². The number of benzene rings is 1. The number of nitrogens with one attached hydrogen (secondary N) is 1. The van der Waals surface area contributed by atoms with Crippen molar-refractivity contribution in [2.75, 3.05) is 0 Å². The van der Waals surface area contributed by atoms with Gasteiger partial charge in [0.1, 0.15) is 5.82 Å². The fraction of sp³-hybridized carbons (Fsp3) is 0.368. The highest BCUT2D eigenvalue weighted by Gasteiger charge is 2.23. The summed E-state index contributed by atoms with van der Waals surface area (Å²) < 4.78 is 13.9. The quantitative estimate of drug-likeness (QED) is 0.850. The molecular weight excluding hydrogens is 327 g/mol. The van der Waals surface area contributed by atoms with Gasteiger partial charge in [-0.3, -0.25) is 9.78 Å². The van der Waals surface area contributed by atoms with Gasteiger partial charge in [0.2, 0.25) is 5.91 Å². The van der Waals surface area contributed by atoms with Gasteiger partial charge in [-0.15, -0.1) is 0 Å². The number of nitrogens with zero attached hydrogens (tertiary/aromatic N) is 1. The second-order valence-corrected chi connectivity index (χ2v) is 7.46. The highest BCUT2D eigenvalue weighted by atomic mass is 35.5. The monoisotopic (exact) mass is 348 g/mol. The van der Waals surface area contributed by atoms with Gasteiger partial charge in [0.25, 0.3) is 0 Å². The van der Waals surface area contributed by atoms with Gasteiger partial charge < -0.3 is 5.32 Å². The van der Waals surface area contributed by atoms with Crippen LogP contribution in [0.25, 0.3) is 0 Å². The van der Waals surface area contributed by atoms with E-state index in [2.05, 4.69) is 31.1 Å². The fourth-order valence-corrected chi connectivity index (χ4v) is 2.78. The normalized spacial score (nSPS) is 12.7. The Labute approximate surface area is 147 Å². The standard InChI is InChI=1S/C19H22ClFN2O/c1-19(2,3)11-17(13-6-5-9-22-12-13)23-18(24)10-14-15(20)7-4-8-16(14)21/h4-9,12,17H,10-11H2,1-3H3,(H,23,24)/t17-/m1/s1. The molecule has 1 aromatic carbocycles. The molecule has 1 aromatic heterocycles. The third-order valence-electron chi connectivity index (χ3n) is 3.64. The third-order valence-corrected chi connectivity index (χ3v) is 3.99. The number of carbonyl (C=O) groups is 1. The van der Waals surface area contributed by atoms with Crippen molar-refractivity contribution in [1.29, 1.82) is 0 Å². The van der Waals surface area contributed by atoms with E-state index in [9.17, 15) is 9.18 Å². The van der Waals surface area contributed by atoms with E-state index in [1.807, 2.05) is 12.1 Å². The van der Waals surface area contributed by atoms with E-state index in [-0.39, 0.29) is 34.4 Å². The first-order chi connectivity index (χ1) is 11.3. The zero-order valence-electron chi connectivity index (χ0n) is 14.1. The van der Waals surface area contributed by atoms with Gasteiger partial charge in [0.15, 0.2) is 0 Å². The van der Waals surface area contributed by atoms with E-state index >= 15 is 0 Å². The Kier molecular flexibility index (Phi) is 5.94. The third kappa shape index (κ3) is 5.31. The SMILES string of the molecule is CC(C)(C)C[C@@H](NC(=O)Cc1c(F)cccc1Cl)c1cccnc1. The molecule has 0 saturated carbocycles. The van der Waals surface area contributed by atoms with Gasteiger partial charge in [-0.05, 0) is 35.6 Å². The summed E-state index contributed by atoms with van der Waals surface area (Å²) in [5, 5.41) is 3.25. The van der Waals surface area contributed by atoms with Crippen molar-refractivity contribution >= 4 is 17.5 Å². The molecule has 1 heterocycles. The van der Waals surface area contributed by atoms with Crippen molar-refractivity contribution in [3.8, 4) is 0 Å². The maximum Gasteiger partial charge on any atom is 0.225 e. The minimum absolute atomic E-state index is 0.0173. The van der Waals surface area contributed by atoms with E-state index in [0.29, 0.717) is 0 Å². The zero-order chi connectivity index (χ0) is 17.7. The van der Waals surface area contributed by atoms with Crippen LogP contribution in [-0.2, 0) is 11.2 Å². The van der Waals surface area contributed by atoms with Crippen LogP contribution < -0.4 is 5.32 Å². The summed E-state index contributed by atoms with van der Waals surface area (Å²) in [6.45, 7) is 6.32. The van der Waals surface area contributed by atoms with Crippen LogP contribution in [0, 0.1) is 11.2 Å². The summed E-state index contributed by atoms with van der Waals surface area (Å²) in [6.07, 6.45) is 4.09. The second kappa shape index (κ2) is 7.75. The number of hydrogen-bond acceptors (Lipinski definition) is 2. The molecule has 3 nitrogen and oxygen atoms in total. The van der Waals surface area contributed by atoms with Crippen LogP contribution in [0.2, 0.25) is 5.02 Å². The molecule has 0 spiro atoms. The molecule has 0 aliphatic heterocycles. The molecule has 0 radical (unpaired) electrons. The molecule has 1 N–H and O–H groups in total. The van der Waals surface area contributed by atoms with Crippen LogP contribution in [0.4, 0.5) is 4.39 Å². The Morgan fingerprint density at radius 2 is 2.04 bits per heavy atom. The van der Waals surface area contributed by atoms with Crippen LogP contribution >= 0.6 is 11.6 Å². The highest BCUT2D eigenvalue weighted by Crippen LogP contribution is 2.29. The Bertz CT molecular complexity index is 678. The lowest BCUT2D eigenvalue weighted by molar-refractivity contribution is -0.121. The van der Waals surface area contributed by atoms with Crippen molar-refractivity contribution in [2.24, 2.45) is 5.41 Å². The number of rotatable bonds is 5. The predicted molar refractivity (Wildman–Crippen MR) is 94.3 cm³/mol. The second-order valence-electron chi connectivity index (χ2n) is 7.05. The largest absolute Gasteiger partial charge is 0.349 e.